The maximum absolute atomic E-state index is 12.0. The minimum Gasteiger partial charge on any atom is -0.540 e. The van der Waals surface area contributed by atoms with E-state index in [2.05, 4.69) is 12.7 Å². The zero-order valence-electron chi connectivity index (χ0n) is 7.41. The average molecular weight is 211 g/mol. The van der Waals surface area contributed by atoms with Crippen LogP contribution < -0.4 is 5.46 Å². The van der Waals surface area contributed by atoms with Crippen molar-refractivity contribution in [2.24, 2.45) is 0 Å². The monoisotopic (exact) mass is 211 g/mol. The highest BCUT2D eigenvalue weighted by Gasteiger charge is 2.29. The second-order valence-corrected chi connectivity index (χ2v) is 2.72. The van der Waals surface area contributed by atoms with Crippen LogP contribution in [0.4, 0.5) is 13.2 Å². The molecule has 0 aliphatic carbocycles. The standard InChI is InChI=1S/C8H4B2F3O2/c9-15-7(14)5-2-1-3-6(4-5)10-8(11,12)13/h1-4H. The van der Waals surface area contributed by atoms with Crippen LogP contribution in [0.2, 0.25) is 0 Å². The summed E-state index contributed by atoms with van der Waals surface area (Å²) >= 11 is 0. The van der Waals surface area contributed by atoms with E-state index in [0.717, 1.165) is 6.07 Å². The quantitative estimate of drug-likeness (QED) is 0.675. The normalized spacial score (nSPS) is 10.9. The summed E-state index contributed by atoms with van der Waals surface area (Å²) in [5.41, 5.74) is -0.166. The summed E-state index contributed by atoms with van der Waals surface area (Å²) in [4.78, 5) is 10.9. The topological polar surface area (TPSA) is 26.3 Å². The Bertz CT molecular complexity index is 365. The van der Waals surface area contributed by atoms with Gasteiger partial charge in [-0.25, -0.2) is 4.79 Å². The van der Waals surface area contributed by atoms with Crippen LogP contribution in [0.5, 0.6) is 0 Å². The van der Waals surface area contributed by atoms with Crippen molar-refractivity contribution in [1.82, 2.24) is 0 Å². The van der Waals surface area contributed by atoms with Gasteiger partial charge in [0.2, 0.25) is 0 Å². The molecule has 2 nitrogen and oxygen atoms in total. The Hall–Kier alpha value is -1.39. The highest BCUT2D eigenvalue weighted by Crippen LogP contribution is 2.12. The first-order chi connectivity index (χ1) is 6.92. The van der Waals surface area contributed by atoms with E-state index < -0.39 is 12.0 Å². The third kappa shape index (κ3) is 3.69. The van der Waals surface area contributed by atoms with E-state index in [9.17, 15) is 18.0 Å². The Morgan fingerprint density at radius 2 is 2.07 bits per heavy atom. The molecule has 0 unspecified atom stereocenters. The van der Waals surface area contributed by atoms with Crippen LogP contribution in [0, 0.1) is 0 Å². The minimum atomic E-state index is -4.43. The number of benzene rings is 1. The zero-order chi connectivity index (χ0) is 11.5. The largest absolute Gasteiger partial charge is 0.540 e. The van der Waals surface area contributed by atoms with Crippen molar-refractivity contribution in [3.05, 3.63) is 29.8 Å². The molecule has 0 amide bonds. The molecule has 0 heterocycles. The van der Waals surface area contributed by atoms with Crippen LogP contribution in [-0.4, -0.2) is 27.4 Å². The van der Waals surface area contributed by atoms with Crippen molar-refractivity contribution >= 4 is 26.8 Å². The van der Waals surface area contributed by atoms with Crippen molar-refractivity contribution in [2.75, 3.05) is 0 Å². The summed E-state index contributed by atoms with van der Waals surface area (Å²) in [6, 6.07) is 4.89. The third-order valence-corrected chi connectivity index (χ3v) is 1.56. The van der Waals surface area contributed by atoms with E-state index in [1.807, 2.05) is 0 Å². The van der Waals surface area contributed by atoms with Crippen LogP contribution in [-0.2, 0) is 4.65 Å². The van der Waals surface area contributed by atoms with Gasteiger partial charge in [-0.1, -0.05) is 23.7 Å². The lowest BCUT2D eigenvalue weighted by atomic mass is 9.69. The Kier molecular flexibility index (Phi) is 3.44. The van der Waals surface area contributed by atoms with Crippen molar-refractivity contribution in [3.63, 3.8) is 0 Å². The van der Waals surface area contributed by atoms with Gasteiger partial charge in [-0.15, -0.1) is 0 Å². The second kappa shape index (κ2) is 4.42. The number of hydrogen-bond acceptors (Lipinski definition) is 2. The lowest BCUT2D eigenvalue weighted by molar-refractivity contribution is -0.0455. The van der Waals surface area contributed by atoms with E-state index >= 15 is 0 Å². The number of rotatable bonds is 2. The highest BCUT2D eigenvalue weighted by molar-refractivity contribution is 6.55. The maximum atomic E-state index is 12.0. The molecule has 3 radical (unpaired) electrons. The molecule has 0 saturated heterocycles. The van der Waals surface area contributed by atoms with Gasteiger partial charge in [0.25, 0.3) is 7.28 Å². The molecule has 0 fully saturated rings. The fourth-order valence-corrected chi connectivity index (χ4v) is 1.01. The fraction of sp³-hybridized carbons (Fsp3) is 0.125. The smallest absolute Gasteiger partial charge is 0.378 e. The molecule has 0 aliphatic rings. The minimum absolute atomic E-state index is 0.0319. The predicted molar refractivity (Wildman–Crippen MR) is 49.1 cm³/mol. The molecule has 1 aromatic rings. The van der Waals surface area contributed by atoms with Crippen molar-refractivity contribution in [2.45, 2.75) is 6.08 Å². The summed E-state index contributed by atoms with van der Waals surface area (Å²) in [6.45, 7) is 0. The van der Waals surface area contributed by atoms with Gasteiger partial charge in [-0.3, -0.25) is 0 Å². The molecule has 0 bridgehead atoms. The van der Waals surface area contributed by atoms with Crippen molar-refractivity contribution < 1.29 is 22.6 Å². The van der Waals surface area contributed by atoms with Crippen LogP contribution >= 0.6 is 0 Å². The van der Waals surface area contributed by atoms with Gasteiger partial charge in [-0.2, -0.15) is 13.2 Å². The van der Waals surface area contributed by atoms with Gasteiger partial charge in [-0.05, 0) is 6.07 Å². The van der Waals surface area contributed by atoms with E-state index in [1.54, 1.807) is 0 Å². The fourth-order valence-electron chi connectivity index (χ4n) is 1.01. The number of alkyl halides is 3. The summed E-state index contributed by atoms with van der Waals surface area (Å²) in [7, 11) is 4.68. The van der Waals surface area contributed by atoms with Crippen LogP contribution in [0.3, 0.4) is 0 Å². The first-order valence-electron chi connectivity index (χ1n) is 3.86. The molecule has 1 rings (SSSR count). The van der Waals surface area contributed by atoms with Gasteiger partial charge in [0.05, 0.1) is 5.56 Å². The predicted octanol–water partition coefficient (Wildman–Crippen LogP) is 0.776. The first kappa shape index (κ1) is 11.7. The lowest BCUT2D eigenvalue weighted by Crippen LogP contribution is -2.30. The van der Waals surface area contributed by atoms with Crippen LogP contribution in [0.15, 0.2) is 24.3 Å². The number of carbonyl (C=O) groups is 1. The molecule has 0 aromatic heterocycles. The summed E-state index contributed by atoms with van der Waals surface area (Å²) in [5, 5.41) is 0. The summed E-state index contributed by atoms with van der Waals surface area (Å²) in [6.07, 6.45) is -4.43. The Morgan fingerprint density at radius 3 is 2.60 bits per heavy atom. The Balaban J connectivity index is 2.88. The van der Waals surface area contributed by atoms with E-state index in [4.69, 9.17) is 0 Å². The molecule has 7 heteroatoms. The van der Waals surface area contributed by atoms with Gasteiger partial charge < -0.3 is 4.65 Å². The number of hydrogen-bond donors (Lipinski definition) is 0. The van der Waals surface area contributed by atoms with E-state index in [1.165, 1.54) is 18.2 Å². The highest BCUT2D eigenvalue weighted by atomic mass is 19.4. The van der Waals surface area contributed by atoms with E-state index in [0.29, 0.717) is 0 Å². The average Bonchev–Trinajstić information content (AvgIpc) is 2.14. The molecule has 0 atom stereocenters. The molecule has 0 N–H and O–H groups in total. The SMILES string of the molecule is [B]OC(=O)c1cccc([B]C(F)(F)F)c1. The molecular formula is C8H4B2F3O2. The molecular weight excluding hydrogens is 207 g/mol. The molecule has 75 valence electrons. The maximum Gasteiger partial charge on any atom is 0.378 e. The third-order valence-electron chi connectivity index (χ3n) is 1.56. The van der Waals surface area contributed by atoms with Crippen LogP contribution in [0.1, 0.15) is 10.4 Å². The van der Waals surface area contributed by atoms with Crippen molar-refractivity contribution in [1.29, 1.82) is 0 Å². The molecule has 0 spiro atoms. The van der Waals surface area contributed by atoms with Crippen LogP contribution in [0.25, 0.3) is 0 Å². The first-order valence-corrected chi connectivity index (χ1v) is 3.86. The van der Waals surface area contributed by atoms with Gasteiger partial charge >= 0.3 is 20.1 Å². The van der Waals surface area contributed by atoms with Gasteiger partial charge in [0, 0.05) is 0 Å². The van der Waals surface area contributed by atoms with Crippen molar-refractivity contribution in [3.8, 4) is 0 Å². The number of halogens is 3. The van der Waals surface area contributed by atoms with Gasteiger partial charge in [0.1, 0.15) is 0 Å². The summed E-state index contributed by atoms with van der Waals surface area (Å²) < 4.78 is 39.8. The summed E-state index contributed by atoms with van der Waals surface area (Å²) in [5.74, 6) is -0.882. The Labute approximate surface area is 86.1 Å². The Morgan fingerprint density at radius 1 is 1.40 bits per heavy atom. The second-order valence-electron chi connectivity index (χ2n) is 2.72. The molecule has 15 heavy (non-hydrogen) atoms. The number of carbonyl (C=O) groups excluding carboxylic acids is 1. The van der Waals surface area contributed by atoms with Gasteiger partial charge in [0.15, 0.2) is 0 Å². The zero-order valence-corrected chi connectivity index (χ0v) is 7.41. The molecule has 1 aromatic carbocycles. The lowest BCUT2D eigenvalue weighted by Gasteiger charge is -2.06. The molecule has 0 saturated carbocycles. The molecule has 0 aliphatic heterocycles. The van der Waals surface area contributed by atoms with E-state index in [-0.39, 0.29) is 18.3 Å².